The fourth-order valence-corrected chi connectivity index (χ4v) is 5.07. The molecule has 2 aliphatic rings. The highest BCUT2D eigenvalue weighted by atomic mass is 16.1. The van der Waals surface area contributed by atoms with Gasteiger partial charge in [-0.1, -0.05) is 54.6 Å². The van der Waals surface area contributed by atoms with Crippen molar-refractivity contribution in [1.82, 2.24) is 9.88 Å². The van der Waals surface area contributed by atoms with Crippen LogP contribution in [0.2, 0.25) is 0 Å². The Kier molecular flexibility index (Phi) is 4.25. The van der Waals surface area contributed by atoms with E-state index >= 15 is 0 Å². The van der Waals surface area contributed by atoms with Crippen molar-refractivity contribution in [2.24, 2.45) is 5.92 Å². The Morgan fingerprint density at radius 1 is 0.926 bits per heavy atom. The van der Waals surface area contributed by atoms with E-state index in [-0.39, 0.29) is 11.7 Å². The van der Waals surface area contributed by atoms with E-state index in [1.54, 1.807) is 6.20 Å². The first-order valence-corrected chi connectivity index (χ1v) is 9.96. The molecule has 2 saturated heterocycles. The monoisotopic (exact) mass is 356 g/mol. The number of fused-ring (bicyclic) bond motifs is 3. The van der Waals surface area contributed by atoms with E-state index in [0.717, 1.165) is 35.7 Å². The minimum absolute atomic E-state index is 0.127. The van der Waals surface area contributed by atoms with Gasteiger partial charge in [-0.15, -0.1) is 0 Å². The quantitative estimate of drug-likeness (QED) is 0.626. The highest BCUT2D eigenvalue weighted by Crippen LogP contribution is 2.41. The third-order valence-electron chi connectivity index (χ3n) is 6.40. The Hall–Kier alpha value is -2.52. The average molecular weight is 356 g/mol. The van der Waals surface area contributed by atoms with Crippen molar-refractivity contribution < 1.29 is 4.79 Å². The number of ketones is 1. The van der Waals surface area contributed by atoms with E-state index in [1.165, 1.54) is 18.4 Å². The second kappa shape index (κ2) is 6.90. The molecule has 2 bridgehead atoms. The molecule has 3 nitrogen and oxygen atoms in total. The summed E-state index contributed by atoms with van der Waals surface area (Å²) in [5, 5.41) is 2.09. The Labute approximate surface area is 160 Å². The summed E-state index contributed by atoms with van der Waals surface area (Å²) < 4.78 is 0. The number of nitrogens with zero attached hydrogens (tertiary/aromatic N) is 2. The number of rotatable bonds is 4. The molecule has 0 saturated carbocycles. The second-order valence-electron chi connectivity index (χ2n) is 7.98. The third-order valence-corrected chi connectivity index (χ3v) is 6.40. The predicted molar refractivity (Wildman–Crippen MR) is 108 cm³/mol. The second-order valence-corrected chi connectivity index (χ2v) is 7.98. The van der Waals surface area contributed by atoms with Crippen molar-refractivity contribution >= 4 is 16.6 Å². The van der Waals surface area contributed by atoms with Crippen LogP contribution in [0.4, 0.5) is 0 Å². The van der Waals surface area contributed by atoms with Crippen molar-refractivity contribution in [3.05, 3.63) is 78.1 Å². The van der Waals surface area contributed by atoms with Gasteiger partial charge in [-0.3, -0.25) is 14.7 Å². The Morgan fingerprint density at radius 3 is 2.41 bits per heavy atom. The maximum Gasteiger partial charge on any atom is 0.168 e. The predicted octanol–water partition coefficient (Wildman–Crippen LogP) is 4.86. The topological polar surface area (TPSA) is 33.2 Å². The normalized spacial score (nSPS) is 25.0. The molecule has 3 aromatic rings. The van der Waals surface area contributed by atoms with Crippen LogP contribution in [0.3, 0.4) is 0 Å². The van der Waals surface area contributed by atoms with Crippen molar-refractivity contribution in [1.29, 1.82) is 0 Å². The number of pyridine rings is 1. The molecule has 27 heavy (non-hydrogen) atoms. The van der Waals surface area contributed by atoms with E-state index in [4.69, 9.17) is 0 Å². The van der Waals surface area contributed by atoms with Crippen LogP contribution in [0, 0.1) is 5.92 Å². The zero-order valence-corrected chi connectivity index (χ0v) is 15.4. The Morgan fingerprint density at radius 2 is 1.63 bits per heavy atom. The molecule has 0 amide bonds. The van der Waals surface area contributed by atoms with E-state index in [0.29, 0.717) is 12.1 Å². The first kappa shape index (κ1) is 16.6. The van der Waals surface area contributed by atoms with E-state index in [2.05, 4.69) is 40.2 Å². The van der Waals surface area contributed by atoms with Gasteiger partial charge in [0.15, 0.2) is 5.78 Å². The lowest BCUT2D eigenvalue weighted by atomic mass is 9.84. The molecular formula is C24H24N2O. The van der Waals surface area contributed by atoms with Gasteiger partial charge in [0.2, 0.25) is 0 Å². The zero-order chi connectivity index (χ0) is 18.2. The minimum Gasteiger partial charge on any atom is -0.294 e. The van der Waals surface area contributed by atoms with Crippen LogP contribution in [-0.2, 0) is 6.54 Å². The Bertz CT molecular complexity index is 949. The van der Waals surface area contributed by atoms with Gasteiger partial charge in [-0.25, -0.2) is 0 Å². The summed E-state index contributed by atoms with van der Waals surface area (Å²) in [6, 6.07) is 19.8. The largest absolute Gasteiger partial charge is 0.294 e. The summed E-state index contributed by atoms with van der Waals surface area (Å²) in [7, 11) is 0. The number of aromatic nitrogens is 1. The molecule has 3 heterocycles. The molecule has 136 valence electrons. The molecule has 5 rings (SSSR count). The fraction of sp³-hybridized carbons (Fsp3) is 0.333. The first-order chi connectivity index (χ1) is 13.3. The van der Waals surface area contributed by atoms with Gasteiger partial charge < -0.3 is 0 Å². The Balaban J connectivity index is 1.37. The molecule has 2 unspecified atom stereocenters. The summed E-state index contributed by atoms with van der Waals surface area (Å²) in [6.07, 6.45) is 8.00. The maximum atomic E-state index is 13.3. The number of piperidine rings is 1. The molecule has 0 radical (unpaired) electrons. The SMILES string of the molecule is O=C(c1cncc2ccccc12)C1CC2CCC(C1)N2Cc1ccccc1. The van der Waals surface area contributed by atoms with Gasteiger partial charge in [0.25, 0.3) is 0 Å². The molecule has 2 fully saturated rings. The molecule has 0 aliphatic carbocycles. The van der Waals surface area contributed by atoms with Crippen LogP contribution in [-0.4, -0.2) is 27.8 Å². The number of carbonyl (C=O) groups excluding carboxylic acids is 1. The van der Waals surface area contributed by atoms with Crippen LogP contribution < -0.4 is 0 Å². The van der Waals surface area contributed by atoms with Crippen molar-refractivity contribution in [2.45, 2.75) is 44.3 Å². The van der Waals surface area contributed by atoms with Crippen molar-refractivity contribution in [2.75, 3.05) is 0 Å². The standard InChI is InChI=1S/C24H24N2O/c27-24(23-15-25-14-18-8-4-5-9-22(18)23)19-12-20-10-11-21(13-19)26(20)16-17-6-2-1-3-7-17/h1-9,14-15,19-21H,10-13,16H2. The maximum absolute atomic E-state index is 13.3. The summed E-state index contributed by atoms with van der Waals surface area (Å²) in [5.74, 6) is 0.415. The molecule has 2 atom stereocenters. The minimum atomic E-state index is 0.127. The van der Waals surface area contributed by atoms with Gasteiger partial charge >= 0.3 is 0 Å². The lowest BCUT2D eigenvalue weighted by Crippen LogP contribution is -2.44. The lowest BCUT2D eigenvalue weighted by Gasteiger charge is -2.38. The molecule has 2 aliphatic heterocycles. The van der Waals surface area contributed by atoms with Crippen LogP contribution in [0.5, 0.6) is 0 Å². The van der Waals surface area contributed by atoms with Gasteiger partial charge in [-0.05, 0) is 36.6 Å². The van der Waals surface area contributed by atoms with Crippen LogP contribution in [0.1, 0.15) is 41.6 Å². The van der Waals surface area contributed by atoms with Crippen LogP contribution in [0.15, 0.2) is 67.0 Å². The van der Waals surface area contributed by atoms with E-state index in [9.17, 15) is 4.79 Å². The molecule has 1 aromatic heterocycles. The average Bonchev–Trinajstić information content (AvgIpc) is 2.95. The summed E-state index contributed by atoms with van der Waals surface area (Å²) >= 11 is 0. The lowest BCUT2D eigenvalue weighted by molar-refractivity contribution is 0.0679. The molecule has 2 aromatic carbocycles. The van der Waals surface area contributed by atoms with Crippen LogP contribution >= 0.6 is 0 Å². The van der Waals surface area contributed by atoms with Crippen molar-refractivity contribution in [3.63, 3.8) is 0 Å². The summed E-state index contributed by atoms with van der Waals surface area (Å²) in [4.78, 5) is 20.3. The highest BCUT2D eigenvalue weighted by molar-refractivity contribution is 6.08. The third kappa shape index (κ3) is 3.06. The zero-order valence-electron chi connectivity index (χ0n) is 15.4. The number of Topliss-reactive ketones (excluding diaryl/α,β-unsaturated/α-hetero) is 1. The van der Waals surface area contributed by atoms with Gasteiger partial charge in [-0.2, -0.15) is 0 Å². The smallest absolute Gasteiger partial charge is 0.168 e. The van der Waals surface area contributed by atoms with E-state index in [1.807, 2.05) is 30.5 Å². The first-order valence-electron chi connectivity index (χ1n) is 9.96. The number of hydrogen-bond acceptors (Lipinski definition) is 3. The highest BCUT2D eigenvalue weighted by Gasteiger charge is 2.43. The van der Waals surface area contributed by atoms with Gasteiger partial charge in [0.05, 0.1) is 0 Å². The van der Waals surface area contributed by atoms with Gasteiger partial charge in [0.1, 0.15) is 0 Å². The van der Waals surface area contributed by atoms with Crippen LogP contribution in [0.25, 0.3) is 10.8 Å². The number of carbonyl (C=O) groups is 1. The van der Waals surface area contributed by atoms with Crippen molar-refractivity contribution in [3.8, 4) is 0 Å². The number of hydrogen-bond donors (Lipinski definition) is 0. The van der Waals surface area contributed by atoms with Gasteiger partial charge in [0, 0.05) is 47.9 Å². The summed E-state index contributed by atoms with van der Waals surface area (Å²) in [6.45, 7) is 1.01. The van der Waals surface area contributed by atoms with E-state index < -0.39 is 0 Å². The number of benzene rings is 2. The summed E-state index contributed by atoms with van der Waals surface area (Å²) in [5.41, 5.74) is 2.17. The fourth-order valence-electron chi connectivity index (χ4n) is 5.07. The molecule has 3 heteroatoms. The molecule has 0 spiro atoms. The molecule has 0 N–H and O–H groups in total. The molecular weight excluding hydrogens is 332 g/mol.